The molecule has 3 rings (SSSR count). The Hall–Kier alpha value is -2.17. The molecule has 2 bridgehead atoms. The lowest BCUT2D eigenvalue weighted by Crippen LogP contribution is -2.63. The SMILES string of the molecule is CC(C)(C)OC(=O)N1C2COCC1CC(O)(c1cccc(C#N)c1F)C2. The standard InChI is InChI=1S/C19H23FN2O4/c1-18(2,3)26-17(23)22-13-7-19(24,8-14(22)11-25-10-13)15-6-4-5-12(9-21)16(15)20/h4-6,13-14,24H,7-8,10-11H2,1-3H3. The Morgan fingerprint density at radius 2 is 2.00 bits per heavy atom. The third-order valence-electron chi connectivity index (χ3n) is 4.78. The van der Waals surface area contributed by atoms with Gasteiger partial charge in [0.25, 0.3) is 0 Å². The number of carbonyl (C=O) groups is 1. The summed E-state index contributed by atoms with van der Waals surface area (Å²) in [6, 6.07) is 5.38. The normalized spacial score (nSPS) is 28.4. The number of halogens is 1. The van der Waals surface area contributed by atoms with Gasteiger partial charge in [0, 0.05) is 18.4 Å². The second kappa shape index (κ2) is 6.53. The van der Waals surface area contributed by atoms with Crippen LogP contribution < -0.4 is 0 Å². The number of piperidine rings is 1. The van der Waals surface area contributed by atoms with E-state index in [4.69, 9.17) is 14.7 Å². The quantitative estimate of drug-likeness (QED) is 0.830. The van der Waals surface area contributed by atoms with E-state index in [0.29, 0.717) is 0 Å². The third-order valence-corrected chi connectivity index (χ3v) is 4.78. The maximum absolute atomic E-state index is 14.6. The van der Waals surface area contributed by atoms with Crippen molar-refractivity contribution in [2.45, 2.75) is 56.9 Å². The molecule has 2 aliphatic rings. The van der Waals surface area contributed by atoms with Crippen LogP contribution in [0.4, 0.5) is 9.18 Å². The van der Waals surface area contributed by atoms with Gasteiger partial charge in [0.1, 0.15) is 17.5 Å². The predicted octanol–water partition coefficient (Wildman–Crippen LogP) is 2.68. The van der Waals surface area contributed by atoms with Gasteiger partial charge >= 0.3 is 6.09 Å². The molecule has 0 aliphatic carbocycles. The molecule has 7 heteroatoms. The second-order valence-corrected chi connectivity index (χ2v) is 7.95. The molecule has 140 valence electrons. The van der Waals surface area contributed by atoms with E-state index in [-0.39, 0.29) is 37.2 Å². The fourth-order valence-corrected chi connectivity index (χ4v) is 3.79. The fourth-order valence-electron chi connectivity index (χ4n) is 3.79. The number of nitriles is 1. The Labute approximate surface area is 152 Å². The van der Waals surface area contributed by atoms with Crippen LogP contribution in [0.2, 0.25) is 0 Å². The highest BCUT2D eigenvalue weighted by Gasteiger charge is 2.50. The Morgan fingerprint density at radius 1 is 1.38 bits per heavy atom. The van der Waals surface area contributed by atoms with Gasteiger partial charge < -0.3 is 14.6 Å². The lowest BCUT2D eigenvalue weighted by molar-refractivity contribution is -0.142. The lowest BCUT2D eigenvalue weighted by Gasteiger charge is -2.51. The lowest BCUT2D eigenvalue weighted by atomic mass is 9.76. The average molecular weight is 362 g/mol. The summed E-state index contributed by atoms with van der Waals surface area (Å²) < 4.78 is 25.7. The zero-order valence-corrected chi connectivity index (χ0v) is 15.2. The van der Waals surface area contributed by atoms with Gasteiger partial charge in [-0.1, -0.05) is 12.1 Å². The molecule has 2 heterocycles. The highest BCUT2D eigenvalue weighted by Crippen LogP contribution is 2.42. The van der Waals surface area contributed by atoms with Gasteiger partial charge in [-0.2, -0.15) is 5.26 Å². The monoisotopic (exact) mass is 362 g/mol. The van der Waals surface area contributed by atoms with E-state index in [2.05, 4.69) is 0 Å². The zero-order chi connectivity index (χ0) is 19.1. The van der Waals surface area contributed by atoms with E-state index in [0.717, 1.165) is 0 Å². The van der Waals surface area contributed by atoms with Crippen molar-refractivity contribution in [2.24, 2.45) is 0 Å². The molecule has 1 aromatic rings. The van der Waals surface area contributed by atoms with Crippen molar-refractivity contribution in [3.05, 3.63) is 35.1 Å². The molecule has 0 radical (unpaired) electrons. The van der Waals surface area contributed by atoms with E-state index in [1.165, 1.54) is 12.1 Å². The predicted molar refractivity (Wildman–Crippen MR) is 90.7 cm³/mol. The number of rotatable bonds is 1. The molecular formula is C19H23FN2O4. The van der Waals surface area contributed by atoms with Crippen LogP contribution in [0.1, 0.15) is 44.7 Å². The van der Waals surface area contributed by atoms with Gasteiger partial charge in [0.15, 0.2) is 0 Å². The molecule has 0 aromatic heterocycles. The van der Waals surface area contributed by atoms with Crippen molar-refractivity contribution in [3.8, 4) is 6.07 Å². The van der Waals surface area contributed by atoms with Crippen molar-refractivity contribution < 1.29 is 23.8 Å². The Bertz CT molecular complexity index is 739. The van der Waals surface area contributed by atoms with E-state index >= 15 is 0 Å². The summed E-state index contributed by atoms with van der Waals surface area (Å²) in [5, 5.41) is 20.2. The summed E-state index contributed by atoms with van der Waals surface area (Å²) >= 11 is 0. The number of carbonyl (C=O) groups excluding carboxylic acids is 1. The number of morpholine rings is 1. The van der Waals surface area contributed by atoms with Crippen LogP contribution in [-0.2, 0) is 15.1 Å². The van der Waals surface area contributed by atoms with Gasteiger partial charge in [0.2, 0.25) is 0 Å². The maximum Gasteiger partial charge on any atom is 0.410 e. The largest absolute Gasteiger partial charge is 0.444 e. The van der Waals surface area contributed by atoms with E-state index in [1.807, 2.05) is 0 Å². The molecule has 2 saturated heterocycles. The molecule has 0 spiro atoms. The maximum atomic E-state index is 14.6. The van der Waals surface area contributed by atoms with Crippen LogP contribution in [-0.4, -0.2) is 47.0 Å². The topological polar surface area (TPSA) is 82.8 Å². The first kappa shape index (κ1) is 18.6. The van der Waals surface area contributed by atoms with Crippen molar-refractivity contribution >= 4 is 6.09 Å². The first-order valence-electron chi connectivity index (χ1n) is 8.65. The Morgan fingerprint density at radius 3 is 2.54 bits per heavy atom. The van der Waals surface area contributed by atoms with Crippen LogP contribution >= 0.6 is 0 Å². The van der Waals surface area contributed by atoms with Crippen LogP contribution in [0.5, 0.6) is 0 Å². The first-order valence-corrected chi connectivity index (χ1v) is 8.65. The van der Waals surface area contributed by atoms with E-state index in [1.54, 1.807) is 37.8 Å². The summed E-state index contributed by atoms with van der Waals surface area (Å²) in [6.07, 6.45) is -0.215. The smallest absolute Gasteiger partial charge is 0.410 e. The minimum atomic E-state index is -1.46. The van der Waals surface area contributed by atoms with Crippen molar-refractivity contribution in [3.63, 3.8) is 0 Å². The van der Waals surface area contributed by atoms with Gasteiger partial charge in [-0.25, -0.2) is 9.18 Å². The number of benzene rings is 1. The number of hydrogen-bond acceptors (Lipinski definition) is 5. The summed E-state index contributed by atoms with van der Waals surface area (Å²) in [4.78, 5) is 14.2. The first-order chi connectivity index (χ1) is 12.1. The second-order valence-electron chi connectivity index (χ2n) is 7.95. The van der Waals surface area contributed by atoms with Gasteiger partial charge in [-0.05, 0) is 26.8 Å². The van der Waals surface area contributed by atoms with Gasteiger partial charge in [0.05, 0.1) is 36.5 Å². The summed E-state index contributed by atoms with van der Waals surface area (Å²) in [5.74, 6) is -0.706. The molecule has 1 amide bonds. The molecule has 2 atom stereocenters. The van der Waals surface area contributed by atoms with Crippen LogP contribution in [0.15, 0.2) is 18.2 Å². The number of hydrogen-bond donors (Lipinski definition) is 1. The molecule has 1 N–H and O–H groups in total. The molecule has 2 unspecified atom stereocenters. The molecule has 6 nitrogen and oxygen atoms in total. The van der Waals surface area contributed by atoms with E-state index in [9.17, 15) is 14.3 Å². The summed E-state index contributed by atoms with van der Waals surface area (Å²) in [6.45, 7) is 5.87. The minimum absolute atomic E-state index is 0.0947. The average Bonchev–Trinajstić information content (AvgIpc) is 2.52. The molecule has 26 heavy (non-hydrogen) atoms. The van der Waals surface area contributed by atoms with Crippen molar-refractivity contribution in [1.29, 1.82) is 5.26 Å². The number of nitrogens with zero attached hydrogens (tertiary/aromatic N) is 2. The van der Waals surface area contributed by atoms with Crippen molar-refractivity contribution in [2.75, 3.05) is 13.2 Å². The number of amides is 1. The molecule has 1 aromatic carbocycles. The minimum Gasteiger partial charge on any atom is -0.444 e. The van der Waals surface area contributed by atoms with Crippen LogP contribution in [0.25, 0.3) is 0 Å². The Balaban J connectivity index is 1.90. The number of ether oxygens (including phenoxy) is 2. The number of fused-ring (bicyclic) bond motifs is 2. The molecular weight excluding hydrogens is 339 g/mol. The van der Waals surface area contributed by atoms with Crippen LogP contribution in [0.3, 0.4) is 0 Å². The molecule has 2 fully saturated rings. The molecule has 2 aliphatic heterocycles. The van der Waals surface area contributed by atoms with Crippen LogP contribution in [0, 0.1) is 17.1 Å². The van der Waals surface area contributed by atoms with Crippen molar-refractivity contribution in [1.82, 2.24) is 4.90 Å². The fraction of sp³-hybridized carbons (Fsp3) is 0.579. The third kappa shape index (κ3) is 3.39. The number of aliphatic hydroxyl groups is 1. The summed E-state index contributed by atoms with van der Waals surface area (Å²) in [5.41, 5.74) is -2.11. The van der Waals surface area contributed by atoms with Gasteiger partial charge in [-0.15, -0.1) is 0 Å². The highest BCUT2D eigenvalue weighted by molar-refractivity contribution is 5.69. The highest BCUT2D eigenvalue weighted by atomic mass is 19.1. The summed E-state index contributed by atoms with van der Waals surface area (Å²) in [7, 11) is 0. The zero-order valence-electron chi connectivity index (χ0n) is 15.2. The Kier molecular flexibility index (Phi) is 4.67. The molecule has 0 saturated carbocycles. The van der Waals surface area contributed by atoms with Gasteiger partial charge in [-0.3, -0.25) is 4.90 Å². The van der Waals surface area contributed by atoms with E-state index < -0.39 is 35.2 Å².